The van der Waals surface area contributed by atoms with Crippen LogP contribution in [-0.4, -0.2) is 66.5 Å². The molecule has 0 aliphatic carbocycles. The molecular weight excluding hydrogens is 492 g/mol. The van der Waals surface area contributed by atoms with E-state index in [4.69, 9.17) is 9.47 Å². The molecule has 1 N–H and O–H groups in total. The summed E-state index contributed by atoms with van der Waals surface area (Å²) in [6, 6.07) is 10.5. The van der Waals surface area contributed by atoms with Crippen LogP contribution in [0.15, 0.2) is 42.0 Å². The van der Waals surface area contributed by atoms with Crippen LogP contribution in [-0.2, 0) is 9.59 Å². The number of benzene rings is 2. The van der Waals surface area contributed by atoms with Crippen molar-refractivity contribution in [2.24, 2.45) is 5.92 Å². The third kappa shape index (κ3) is 7.01. The summed E-state index contributed by atoms with van der Waals surface area (Å²) >= 11 is 0. The van der Waals surface area contributed by atoms with Crippen LogP contribution in [0, 0.1) is 19.8 Å². The highest BCUT2D eigenvalue weighted by molar-refractivity contribution is 6.46. The van der Waals surface area contributed by atoms with E-state index in [1.165, 1.54) is 0 Å². The molecule has 1 fully saturated rings. The van der Waals surface area contributed by atoms with Crippen molar-refractivity contribution in [1.29, 1.82) is 0 Å². The Balaban J connectivity index is 2.08. The zero-order valence-corrected chi connectivity index (χ0v) is 24.5. The molecule has 1 amide bonds. The molecular formula is C32H44N2O5. The molecule has 1 saturated heterocycles. The molecule has 2 aromatic carbocycles. The standard InChI is InChI=1S/C32H44N2O5/c1-8-33(9-2)16-10-17-34-29(24-13-14-26(27(20-24)38-7)39-18-15-21(3)4)28(31(36)32(34)37)30(35)25-19-22(5)11-12-23(25)6/h11-14,19-21,29,35H,8-10,15-18H2,1-7H3/b30-28+. The second kappa shape index (κ2) is 13.7. The van der Waals surface area contributed by atoms with E-state index in [9.17, 15) is 14.7 Å². The van der Waals surface area contributed by atoms with Crippen molar-refractivity contribution in [1.82, 2.24) is 9.80 Å². The quantitative estimate of drug-likeness (QED) is 0.195. The number of hydrogen-bond acceptors (Lipinski definition) is 6. The largest absolute Gasteiger partial charge is 0.507 e. The Morgan fingerprint density at radius 3 is 2.41 bits per heavy atom. The van der Waals surface area contributed by atoms with Crippen molar-refractivity contribution >= 4 is 17.4 Å². The molecule has 1 unspecified atom stereocenters. The van der Waals surface area contributed by atoms with Gasteiger partial charge in [0.2, 0.25) is 0 Å². The number of carbonyl (C=O) groups excluding carboxylic acids is 2. The van der Waals surface area contributed by atoms with Crippen molar-refractivity contribution in [2.75, 3.05) is 39.9 Å². The number of carbonyl (C=O) groups is 2. The summed E-state index contributed by atoms with van der Waals surface area (Å²) < 4.78 is 11.6. The summed E-state index contributed by atoms with van der Waals surface area (Å²) in [7, 11) is 1.57. The SMILES string of the molecule is CCN(CC)CCCN1C(=O)C(=O)/C(=C(/O)c2cc(C)ccc2C)C1c1ccc(OCCC(C)C)c(OC)c1. The van der Waals surface area contributed by atoms with Crippen molar-refractivity contribution in [2.45, 2.75) is 60.4 Å². The van der Waals surface area contributed by atoms with E-state index < -0.39 is 17.7 Å². The summed E-state index contributed by atoms with van der Waals surface area (Å²) in [6.45, 7) is 15.9. The van der Waals surface area contributed by atoms with Gasteiger partial charge in [0.05, 0.1) is 25.3 Å². The van der Waals surface area contributed by atoms with Crippen molar-refractivity contribution in [3.63, 3.8) is 0 Å². The Bertz CT molecular complexity index is 1200. The molecule has 0 saturated carbocycles. The van der Waals surface area contributed by atoms with Gasteiger partial charge in [-0.05, 0) is 81.6 Å². The van der Waals surface area contributed by atoms with Crippen LogP contribution in [0.2, 0.25) is 0 Å². The molecule has 212 valence electrons. The molecule has 1 heterocycles. The minimum Gasteiger partial charge on any atom is -0.507 e. The molecule has 7 heteroatoms. The van der Waals surface area contributed by atoms with Crippen LogP contribution < -0.4 is 9.47 Å². The summed E-state index contributed by atoms with van der Waals surface area (Å²) in [4.78, 5) is 30.7. The molecule has 0 radical (unpaired) electrons. The number of ketones is 1. The first kappa shape index (κ1) is 30.2. The van der Waals surface area contributed by atoms with Crippen LogP contribution >= 0.6 is 0 Å². The van der Waals surface area contributed by atoms with E-state index in [0.29, 0.717) is 48.1 Å². The van der Waals surface area contributed by atoms with Gasteiger partial charge in [0.15, 0.2) is 11.5 Å². The zero-order valence-electron chi connectivity index (χ0n) is 24.5. The molecule has 0 bridgehead atoms. The van der Waals surface area contributed by atoms with Gasteiger partial charge < -0.3 is 24.4 Å². The fraction of sp³-hybridized carbons (Fsp3) is 0.500. The predicted octanol–water partition coefficient (Wildman–Crippen LogP) is 5.89. The average molecular weight is 537 g/mol. The molecule has 1 aliphatic rings. The number of amides is 1. The van der Waals surface area contributed by atoms with E-state index in [-0.39, 0.29) is 11.3 Å². The molecule has 3 rings (SSSR count). The fourth-order valence-electron chi connectivity index (χ4n) is 4.98. The lowest BCUT2D eigenvalue weighted by atomic mass is 9.93. The first-order chi connectivity index (χ1) is 18.6. The highest BCUT2D eigenvalue weighted by Crippen LogP contribution is 2.42. The molecule has 7 nitrogen and oxygen atoms in total. The number of Topliss-reactive ketones (excluding diaryl/α,β-unsaturated/α-hetero) is 1. The lowest BCUT2D eigenvalue weighted by Crippen LogP contribution is -2.33. The topological polar surface area (TPSA) is 79.3 Å². The lowest BCUT2D eigenvalue weighted by molar-refractivity contribution is -0.140. The maximum atomic E-state index is 13.5. The number of aryl methyl sites for hydroxylation is 2. The smallest absolute Gasteiger partial charge is 0.295 e. The van der Waals surface area contributed by atoms with Crippen LogP contribution in [0.25, 0.3) is 5.76 Å². The Morgan fingerprint density at radius 2 is 1.77 bits per heavy atom. The molecule has 0 spiro atoms. The Hall–Kier alpha value is -3.32. The molecule has 39 heavy (non-hydrogen) atoms. The Kier molecular flexibility index (Phi) is 10.6. The number of aliphatic hydroxyl groups excluding tert-OH is 1. The van der Waals surface area contributed by atoms with Crippen molar-refractivity contribution in [3.05, 3.63) is 64.2 Å². The van der Waals surface area contributed by atoms with Crippen molar-refractivity contribution in [3.8, 4) is 11.5 Å². The van der Waals surface area contributed by atoms with Gasteiger partial charge >= 0.3 is 0 Å². The third-order valence-electron chi connectivity index (χ3n) is 7.41. The average Bonchev–Trinajstić information content (AvgIpc) is 3.17. The highest BCUT2D eigenvalue weighted by atomic mass is 16.5. The first-order valence-corrected chi connectivity index (χ1v) is 14.0. The number of nitrogens with zero attached hydrogens (tertiary/aromatic N) is 2. The van der Waals surface area contributed by atoms with Gasteiger partial charge in [-0.25, -0.2) is 0 Å². The maximum absolute atomic E-state index is 13.5. The number of aliphatic hydroxyl groups is 1. The summed E-state index contributed by atoms with van der Waals surface area (Å²) in [5.41, 5.74) is 3.14. The molecule has 1 atom stereocenters. The van der Waals surface area contributed by atoms with Gasteiger partial charge in [-0.2, -0.15) is 0 Å². The van der Waals surface area contributed by atoms with Crippen LogP contribution in [0.5, 0.6) is 11.5 Å². The first-order valence-electron chi connectivity index (χ1n) is 14.0. The molecule has 2 aromatic rings. The number of likely N-dealkylation sites (tertiary alicyclic amines) is 1. The number of ether oxygens (including phenoxy) is 2. The zero-order chi connectivity index (χ0) is 28.7. The van der Waals surface area contributed by atoms with E-state index in [1.54, 1.807) is 12.0 Å². The fourth-order valence-corrected chi connectivity index (χ4v) is 4.98. The maximum Gasteiger partial charge on any atom is 0.295 e. The van der Waals surface area contributed by atoms with Crippen LogP contribution in [0.1, 0.15) is 68.8 Å². The monoisotopic (exact) mass is 536 g/mol. The number of hydrogen-bond donors (Lipinski definition) is 1. The highest BCUT2D eigenvalue weighted by Gasteiger charge is 2.46. The minimum absolute atomic E-state index is 0.104. The second-order valence-corrected chi connectivity index (χ2v) is 10.6. The van der Waals surface area contributed by atoms with Crippen molar-refractivity contribution < 1.29 is 24.2 Å². The summed E-state index contributed by atoms with van der Waals surface area (Å²) in [5, 5.41) is 11.5. The summed E-state index contributed by atoms with van der Waals surface area (Å²) in [6.07, 6.45) is 1.62. The molecule has 1 aliphatic heterocycles. The normalized spacial score (nSPS) is 16.9. The van der Waals surface area contributed by atoms with Gasteiger partial charge in [-0.1, -0.05) is 51.5 Å². The van der Waals surface area contributed by atoms with Gasteiger partial charge in [0, 0.05) is 12.1 Å². The van der Waals surface area contributed by atoms with E-state index in [2.05, 4.69) is 32.6 Å². The lowest BCUT2D eigenvalue weighted by Gasteiger charge is -2.27. The van der Waals surface area contributed by atoms with E-state index >= 15 is 0 Å². The number of methoxy groups -OCH3 is 1. The number of rotatable bonds is 13. The summed E-state index contributed by atoms with van der Waals surface area (Å²) in [5.74, 6) is 0.227. The van der Waals surface area contributed by atoms with Gasteiger partial charge in [-0.15, -0.1) is 0 Å². The predicted molar refractivity (Wildman–Crippen MR) is 155 cm³/mol. The van der Waals surface area contributed by atoms with Gasteiger partial charge in [-0.3, -0.25) is 9.59 Å². The van der Waals surface area contributed by atoms with Crippen LogP contribution in [0.3, 0.4) is 0 Å². The third-order valence-corrected chi connectivity index (χ3v) is 7.41. The van der Waals surface area contributed by atoms with Gasteiger partial charge in [0.25, 0.3) is 11.7 Å². The van der Waals surface area contributed by atoms with E-state index in [1.807, 2.05) is 50.2 Å². The van der Waals surface area contributed by atoms with Gasteiger partial charge in [0.1, 0.15) is 5.76 Å². The minimum atomic E-state index is -0.736. The Labute approximate surface area is 233 Å². The Morgan fingerprint density at radius 1 is 1.05 bits per heavy atom. The molecule has 0 aromatic heterocycles. The second-order valence-electron chi connectivity index (χ2n) is 10.6. The van der Waals surface area contributed by atoms with Crippen LogP contribution in [0.4, 0.5) is 0 Å². The van der Waals surface area contributed by atoms with E-state index in [0.717, 1.165) is 37.2 Å².